The van der Waals surface area contributed by atoms with Crippen molar-refractivity contribution in [2.45, 2.75) is 23.1 Å². The predicted molar refractivity (Wildman–Crippen MR) is 58.3 cm³/mol. The number of hydrogen-bond donors (Lipinski definition) is 1. The highest BCUT2D eigenvalue weighted by molar-refractivity contribution is 7.99. The van der Waals surface area contributed by atoms with E-state index in [-0.39, 0.29) is 0 Å². The van der Waals surface area contributed by atoms with Gasteiger partial charge in [0.1, 0.15) is 0 Å². The summed E-state index contributed by atoms with van der Waals surface area (Å²) >= 11 is 1.78. The molecule has 76 valence electrons. The maximum atomic E-state index is 5.56. The van der Waals surface area contributed by atoms with E-state index in [9.17, 15) is 0 Å². The minimum Gasteiger partial charge on any atom is -0.397 e. The molecule has 1 aliphatic rings. The Labute approximate surface area is 88.0 Å². The van der Waals surface area contributed by atoms with E-state index in [1.54, 1.807) is 18.0 Å². The number of anilines is 1. The van der Waals surface area contributed by atoms with Crippen LogP contribution in [0.2, 0.25) is 0 Å². The largest absolute Gasteiger partial charge is 0.397 e. The normalized spacial score (nSPS) is 22.1. The topological polar surface area (TPSA) is 48.1 Å². The molecule has 0 aromatic carbocycles. The number of nitrogens with two attached hydrogens (primary N) is 1. The lowest BCUT2D eigenvalue weighted by atomic mass is 10.2. The van der Waals surface area contributed by atoms with E-state index >= 15 is 0 Å². The van der Waals surface area contributed by atoms with E-state index in [2.05, 4.69) is 4.98 Å². The standard InChI is InChI=1S/C10H14N2OS/c11-8-3-4-10(12-6-8)14-9-2-1-5-13-7-9/h3-4,6,9H,1-2,5,7,11H2. The second-order valence-corrected chi connectivity index (χ2v) is 4.71. The Hall–Kier alpha value is -0.740. The van der Waals surface area contributed by atoms with Gasteiger partial charge < -0.3 is 10.5 Å². The third kappa shape index (κ3) is 2.62. The van der Waals surface area contributed by atoms with Crippen LogP contribution in [0.15, 0.2) is 23.4 Å². The van der Waals surface area contributed by atoms with E-state index < -0.39 is 0 Å². The van der Waals surface area contributed by atoms with Crippen molar-refractivity contribution >= 4 is 17.4 Å². The molecule has 0 saturated carbocycles. The van der Waals surface area contributed by atoms with E-state index in [1.807, 2.05) is 12.1 Å². The maximum absolute atomic E-state index is 5.56. The van der Waals surface area contributed by atoms with Gasteiger partial charge in [-0.3, -0.25) is 0 Å². The van der Waals surface area contributed by atoms with Crippen LogP contribution in [-0.2, 0) is 4.74 Å². The molecule has 0 bridgehead atoms. The van der Waals surface area contributed by atoms with Crippen molar-refractivity contribution in [2.75, 3.05) is 18.9 Å². The summed E-state index contributed by atoms with van der Waals surface area (Å²) in [6, 6.07) is 3.85. The monoisotopic (exact) mass is 210 g/mol. The van der Waals surface area contributed by atoms with Crippen LogP contribution in [-0.4, -0.2) is 23.4 Å². The number of pyridine rings is 1. The lowest BCUT2D eigenvalue weighted by Gasteiger charge is -2.20. The van der Waals surface area contributed by atoms with Crippen molar-refractivity contribution in [3.63, 3.8) is 0 Å². The highest BCUT2D eigenvalue weighted by atomic mass is 32.2. The quantitative estimate of drug-likeness (QED) is 0.810. The van der Waals surface area contributed by atoms with Crippen LogP contribution in [0.5, 0.6) is 0 Å². The molecule has 1 saturated heterocycles. The summed E-state index contributed by atoms with van der Waals surface area (Å²) in [6.45, 7) is 1.75. The molecule has 4 heteroatoms. The van der Waals surface area contributed by atoms with Gasteiger partial charge in [-0.2, -0.15) is 0 Å². The molecule has 1 aromatic rings. The molecule has 3 nitrogen and oxygen atoms in total. The molecule has 2 rings (SSSR count). The van der Waals surface area contributed by atoms with E-state index in [0.717, 1.165) is 24.7 Å². The molecule has 1 aliphatic heterocycles. The minimum absolute atomic E-state index is 0.555. The van der Waals surface area contributed by atoms with E-state index in [4.69, 9.17) is 10.5 Å². The van der Waals surface area contributed by atoms with Gasteiger partial charge in [-0.1, -0.05) is 0 Å². The summed E-state index contributed by atoms with van der Waals surface area (Å²) in [5.41, 5.74) is 6.28. The fraction of sp³-hybridized carbons (Fsp3) is 0.500. The van der Waals surface area contributed by atoms with Crippen molar-refractivity contribution in [3.8, 4) is 0 Å². The van der Waals surface area contributed by atoms with Crippen LogP contribution in [0.25, 0.3) is 0 Å². The van der Waals surface area contributed by atoms with Gasteiger partial charge in [0.25, 0.3) is 0 Å². The second-order valence-electron chi connectivity index (χ2n) is 3.39. The molecule has 1 unspecified atom stereocenters. The zero-order valence-corrected chi connectivity index (χ0v) is 8.80. The van der Waals surface area contributed by atoms with Crippen LogP contribution < -0.4 is 5.73 Å². The van der Waals surface area contributed by atoms with Crippen LogP contribution in [0, 0.1) is 0 Å². The number of nitrogens with zero attached hydrogens (tertiary/aromatic N) is 1. The van der Waals surface area contributed by atoms with Gasteiger partial charge in [0.2, 0.25) is 0 Å². The van der Waals surface area contributed by atoms with E-state index in [1.165, 1.54) is 6.42 Å². The van der Waals surface area contributed by atoms with Gasteiger partial charge in [0, 0.05) is 11.9 Å². The minimum atomic E-state index is 0.555. The summed E-state index contributed by atoms with van der Waals surface area (Å²) < 4.78 is 5.40. The van der Waals surface area contributed by atoms with Crippen molar-refractivity contribution in [3.05, 3.63) is 18.3 Å². The third-order valence-electron chi connectivity index (χ3n) is 2.17. The molecule has 0 amide bonds. The zero-order valence-electron chi connectivity index (χ0n) is 7.98. The molecule has 1 fully saturated rings. The Balaban J connectivity index is 1.92. The molecular weight excluding hydrogens is 196 g/mol. The summed E-state index contributed by atoms with van der Waals surface area (Å²) in [7, 11) is 0. The van der Waals surface area contributed by atoms with Crippen molar-refractivity contribution in [1.82, 2.24) is 4.98 Å². The molecule has 0 aliphatic carbocycles. The fourth-order valence-electron chi connectivity index (χ4n) is 1.44. The van der Waals surface area contributed by atoms with Crippen molar-refractivity contribution < 1.29 is 4.74 Å². The van der Waals surface area contributed by atoms with Crippen LogP contribution in [0.1, 0.15) is 12.8 Å². The molecule has 14 heavy (non-hydrogen) atoms. The Morgan fingerprint density at radius 3 is 3.07 bits per heavy atom. The summed E-state index contributed by atoms with van der Waals surface area (Å²) in [5.74, 6) is 0. The smallest absolute Gasteiger partial charge is 0.0964 e. The summed E-state index contributed by atoms with van der Waals surface area (Å²) in [4.78, 5) is 4.25. The molecule has 0 radical (unpaired) electrons. The Kier molecular flexibility index (Phi) is 3.26. The third-order valence-corrected chi connectivity index (χ3v) is 3.35. The number of thioether (sulfide) groups is 1. The summed E-state index contributed by atoms with van der Waals surface area (Å²) in [5, 5.41) is 1.59. The predicted octanol–water partition coefficient (Wildman–Crippen LogP) is 1.93. The molecule has 2 heterocycles. The zero-order chi connectivity index (χ0) is 9.80. The first-order chi connectivity index (χ1) is 6.84. The van der Waals surface area contributed by atoms with Gasteiger partial charge in [-0.15, -0.1) is 11.8 Å². The molecular formula is C10H14N2OS. The van der Waals surface area contributed by atoms with E-state index in [0.29, 0.717) is 10.9 Å². The average Bonchev–Trinajstić information content (AvgIpc) is 2.23. The second kappa shape index (κ2) is 4.66. The Bertz CT molecular complexity index is 283. The van der Waals surface area contributed by atoms with Crippen LogP contribution >= 0.6 is 11.8 Å². The van der Waals surface area contributed by atoms with Gasteiger partial charge in [0.05, 0.1) is 23.5 Å². The number of aromatic nitrogens is 1. The number of rotatable bonds is 2. The SMILES string of the molecule is Nc1ccc(SC2CCCOC2)nc1. The summed E-state index contributed by atoms with van der Waals surface area (Å²) in [6.07, 6.45) is 4.08. The Morgan fingerprint density at radius 1 is 1.50 bits per heavy atom. The van der Waals surface area contributed by atoms with Gasteiger partial charge in [-0.05, 0) is 25.0 Å². The van der Waals surface area contributed by atoms with Crippen LogP contribution in [0.4, 0.5) is 5.69 Å². The van der Waals surface area contributed by atoms with Gasteiger partial charge in [-0.25, -0.2) is 4.98 Å². The lowest BCUT2D eigenvalue weighted by molar-refractivity contribution is 0.101. The fourth-order valence-corrected chi connectivity index (χ4v) is 2.49. The number of nitrogen functional groups attached to an aromatic ring is 1. The molecule has 0 spiro atoms. The highest BCUT2D eigenvalue weighted by Crippen LogP contribution is 2.27. The average molecular weight is 210 g/mol. The van der Waals surface area contributed by atoms with Crippen molar-refractivity contribution in [1.29, 1.82) is 0 Å². The molecule has 2 N–H and O–H groups in total. The highest BCUT2D eigenvalue weighted by Gasteiger charge is 2.15. The first kappa shape index (κ1) is 9.80. The molecule has 1 aromatic heterocycles. The first-order valence-electron chi connectivity index (χ1n) is 4.80. The lowest BCUT2D eigenvalue weighted by Crippen LogP contribution is -2.19. The van der Waals surface area contributed by atoms with Crippen molar-refractivity contribution in [2.24, 2.45) is 0 Å². The first-order valence-corrected chi connectivity index (χ1v) is 5.68. The Morgan fingerprint density at radius 2 is 2.43 bits per heavy atom. The molecule has 1 atom stereocenters. The maximum Gasteiger partial charge on any atom is 0.0964 e. The number of ether oxygens (including phenoxy) is 1. The number of hydrogen-bond acceptors (Lipinski definition) is 4. The van der Waals surface area contributed by atoms with Gasteiger partial charge >= 0.3 is 0 Å². The van der Waals surface area contributed by atoms with Crippen LogP contribution in [0.3, 0.4) is 0 Å². The van der Waals surface area contributed by atoms with Gasteiger partial charge in [0.15, 0.2) is 0 Å².